The van der Waals surface area contributed by atoms with Crippen molar-refractivity contribution in [2.24, 2.45) is 0 Å². The minimum absolute atomic E-state index is 0.00876. The van der Waals surface area contributed by atoms with E-state index in [2.05, 4.69) is 71.2 Å². The van der Waals surface area contributed by atoms with Crippen molar-refractivity contribution < 1.29 is 9.47 Å². The van der Waals surface area contributed by atoms with Gasteiger partial charge >= 0.3 is 0 Å². The second-order valence-corrected chi connectivity index (χ2v) is 6.96. The van der Waals surface area contributed by atoms with Gasteiger partial charge in [-0.2, -0.15) is 0 Å². The molecule has 1 saturated heterocycles. The largest absolute Gasteiger partial charge is 0.494 e. The minimum atomic E-state index is 0.00876. The van der Waals surface area contributed by atoms with Crippen molar-refractivity contribution in [3.05, 3.63) is 83.7 Å². The third kappa shape index (κ3) is 4.07. The highest BCUT2D eigenvalue weighted by atomic mass is 16.5. The molecule has 0 aliphatic carbocycles. The van der Waals surface area contributed by atoms with Gasteiger partial charge in [0.05, 0.1) is 13.2 Å². The van der Waals surface area contributed by atoms with E-state index in [0.29, 0.717) is 6.61 Å². The van der Waals surface area contributed by atoms with E-state index < -0.39 is 0 Å². The average Bonchev–Trinajstić information content (AvgIpc) is 3.32. The lowest BCUT2D eigenvalue weighted by molar-refractivity contribution is 0.0288. The van der Waals surface area contributed by atoms with Crippen LogP contribution in [0.4, 0.5) is 0 Å². The fourth-order valence-corrected chi connectivity index (χ4v) is 3.62. The normalized spacial score (nSPS) is 17.3. The lowest BCUT2D eigenvalue weighted by atomic mass is 10.1. The van der Waals surface area contributed by atoms with Gasteiger partial charge in [0.2, 0.25) is 0 Å². The van der Waals surface area contributed by atoms with Crippen molar-refractivity contribution in [3.8, 4) is 11.4 Å². The lowest BCUT2D eigenvalue weighted by Crippen LogP contribution is -2.23. The van der Waals surface area contributed by atoms with Crippen molar-refractivity contribution in [1.82, 2.24) is 9.47 Å². The lowest BCUT2D eigenvalue weighted by Gasteiger charge is -2.22. The molecule has 4 rings (SSSR count). The van der Waals surface area contributed by atoms with Gasteiger partial charge in [0.1, 0.15) is 12.0 Å². The number of hydrogen-bond donors (Lipinski definition) is 0. The second-order valence-electron chi connectivity index (χ2n) is 6.96. The molecule has 1 atom stereocenters. The second kappa shape index (κ2) is 7.99. The van der Waals surface area contributed by atoms with E-state index >= 15 is 0 Å². The van der Waals surface area contributed by atoms with Crippen LogP contribution < -0.4 is 4.74 Å². The summed E-state index contributed by atoms with van der Waals surface area (Å²) in [6.07, 6.45) is 4.27. The fraction of sp³-hybridized carbons (Fsp3) is 0.304. The molecule has 0 bridgehead atoms. The van der Waals surface area contributed by atoms with Crippen LogP contribution in [0.3, 0.4) is 0 Å². The summed E-state index contributed by atoms with van der Waals surface area (Å²) in [5.41, 5.74) is 4.93. The Bertz CT molecular complexity index is 885. The Kier molecular flexibility index (Phi) is 5.28. The van der Waals surface area contributed by atoms with Crippen LogP contribution in [0.25, 0.3) is 5.69 Å². The summed E-state index contributed by atoms with van der Waals surface area (Å²) < 4.78 is 13.7. The van der Waals surface area contributed by atoms with E-state index in [1.54, 1.807) is 0 Å². The molecule has 1 aliphatic rings. The van der Waals surface area contributed by atoms with Crippen molar-refractivity contribution in [2.45, 2.75) is 26.6 Å². The summed E-state index contributed by atoms with van der Waals surface area (Å²) in [7, 11) is 0. The van der Waals surface area contributed by atoms with Crippen LogP contribution in [0.15, 0.2) is 67.0 Å². The zero-order valence-corrected chi connectivity index (χ0v) is 16.0. The molecule has 2 aromatic carbocycles. The molecule has 3 aromatic rings. The van der Waals surface area contributed by atoms with E-state index in [-0.39, 0.29) is 6.23 Å². The molecule has 1 aliphatic heterocycles. The predicted octanol–water partition coefficient (Wildman–Crippen LogP) is 4.72. The summed E-state index contributed by atoms with van der Waals surface area (Å²) in [4.78, 5) is 2.40. The number of hydrogen-bond acceptors (Lipinski definition) is 3. The highest BCUT2D eigenvalue weighted by Crippen LogP contribution is 2.29. The predicted molar refractivity (Wildman–Crippen MR) is 107 cm³/mol. The molecule has 4 nitrogen and oxygen atoms in total. The third-order valence-electron chi connectivity index (χ3n) is 4.90. The van der Waals surface area contributed by atoms with Crippen molar-refractivity contribution in [1.29, 1.82) is 0 Å². The molecule has 0 N–H and O–H groups in total. The highest BCUT2D eigenvalue weighted by Gasteiger charge is 2.27. The van der Waals surface area contributed by atoms with Crippen LogP contribution >= 0.6 is 0 Å². The third-order valence-corrected chi connectivity index (χ3v) is 4.90. The SMILES string of the molecule is CCOc1ccc(-n2ccc(C3OCCN3Cc3cccc(C)c3)c2)cc1. The van der Waals surface area contributed by atoms with Crippen molar-refractivity contribution in [3.63, 3.8) is 0 Å². The van der Waals surface area contributed by atoms with Gasteiger partial charge < -0.3 is 14.0 Å². The van der Waals surface area contributed by atoms with Gasteiger partial charge in [0.15, 0.2) is 0 Å². The average molecular weight is 362 g/mol. The van der Waals surface area contributed by atoms with Gasteiger partial charge in [-0.25, -0.2) is 0 Å². The molecule has 1 unspecified atom stereocenters. The smallest absolute Gasteiger partial charge is 0.138 e. The molecular formula is C23H26N2O2. The molecule has 0 radical (unpaired) electrons. The quantitative estimate of drug-likeness (QED) is 0.635. The van der Waals surface area contributed by atoms with E-state index in [0.717, 1.165) is 31.1 Å². The minimum Gasteiger partial charge on any atom is -0.494 e. The monoisotopic (exact) mass is 362 g/mol. The zero-order valence-electron chi connectivity index (χ0n) is 16.0. The number of aromatic nitrogens is 1. The maximum absolute atomic E-state index is 6.05. The summed E-state index contributed by atoms with van der Waals surface area (Å²) in [5.74, 6) is 0.900. The maximum atomic E-state index is 6.05. The Balaban J connectivity index is 1.49. The van der Waals surface area contributed by atoms with Crippen molar-refractivity contribution >= 4 is 0 Å². The van der Waals surface area contributed by atoms with Gasteiger partial charge in [0, 0.05) is 36.7 Å². The maximum Gasteiger partial charge on any atom is 0.138 e. The molecule has 0 amide bonds. The Labute approximate surface area is 161 Å². The van der Waals surface area contributed by atoms with Gasteiger partial charge in [-0.3, -0.25) is 4.90 Å². The first-order chi connectivity index (χ1) is 13.2. The summed E-state index contributed by atoms with van der Waals surface area (Å²) in [6, 6.07) is 19.0. The first kappa shape index (κ1) is 17.8. The Morgan fingerprint density at radius 1 is 1.11 bits per heavy atom. The molecule has 0 saturated carbocycles. The molecular weight excluding hydrogens is 336 g/mol. The van der Waals surface area contributed by atoms with Gasteiger partial charge in [0.25, 0.3) is 0 Å². The van der Waals surface area contributed by atoms with E-state index in [9.17, 15) is 0 Å². The molecule has 4 heteroatoms. The topological polar surface area (TPSA) is 26.6 Å². The number of benzene rings is 2. The molecule has 1 aromatic heterocycles. The first-order valence-electron chi connectivity index (χ1n) is 9.55. The summed E-state index contributed by atoms with van der Waals surface area (Å²) in [6.45, 7) is 7.44. The molecule has 0 spiro atoms. The number of rotatable bonds is 6. The van der Waals surface area contributed by atoms with E-state index in [4.69, 9.17) is 9.47 Å². The molecule has 27 heavy (non-hydrogen) atoms. The Morgan fingerprint density at radius 3 is 2.74 bits per heavy atom. The molecule has 2 heterocycles. The number of aryl methyl sites for hydroxylation is 1. The van der Waals surface area contributed by atoms with Crippen LogP contribution in [-0.4, -0.2) is 29.2 Å². The van der Waals surface area contributed by atoms with E-state index in [1.165, 1.54) is 16.7 Å². The summed E-state index contributed by atoms with van der Waals surface area (Å²) >= 11 is 0. The van der Waals surface area contributed by atoms with Gasteiger partial charge in [-0.15, -0.1) is 0 Å². The van der Waals surface area contributed by atoms with Crippen LogP contribution in [0.1, 0.15) is 29.8 Å². The van der Waals surface area contributed by atoms with Crippen LogP contribution in [0, 0.1) is 6.92 Å². The Morgan fingerprint density at radius 2 is 1.96 bits per heavy atom. The van der Waals surface area contributed by atoms with Gasteiger partial charge in [-0.05, 0) is 49.7 Å². The zero-order chi connectivity index (χ0) is 18.6. The Hall–Kier alpha value is -2.56. The number of nitrogens with zero attached hydrogens (tertiary/aromatic N) is 2. The standard InChI is InChI=1S/C23H26N2O2/c1-3-26-22-9-7-21(8-10-22)24-12-11-20(17-24)23-25(13-14-27-23)16-19-6-4-5-18(2)15-19/h4-12,15,17,23H,3,13-14,16H2,1-2H3. The summed E-state index contributed by atoms with van der Waals surface area (Å²) in [5, 5.41) is 0. The van der Waals surface area contributed by atoms with Crippen LogP contribution in [0.5, 0.6) is 5.75 Å². The van der Waals surface area contributed by atoms with E-state index in [1.807, 2.05) is 19.1 Å². The molecule has 1 fully saturated rings. The number of ether oxygens (including phenoxy) is 2. The fourth-order valence-electron chi connectivity index (χ4n) is 3.62. The van der Waals surface area contributed by atoms with Gasteiger partial charge in [-0.1, -0.05) is 29.8 Å². The molecule has 140 valence electrons. The first-order valence-corrected chi connectivity index (χ1v) is 9.55. The van der Waals surface area contributed by atoms with Crippen molar-refractivity contribution in [2.75, 3.05) is 19.8 Å². The highest BCUT2D eigenvalue weighted by molar-refractivity contribution is 5.39. The van der Waals surface area contributed by atoms with Crippen LogP contribution in [-0.2, 0) is 11.3 Å². The van der Waals surface area contributed by atoms with Crippen LogP contribution in [0.2, 0.25) is 0 Å².